The van der Waals surface area contributed by atoms with E-state index in [1.807, 2.05) is 0 Å². The molecule has 8 heteroatoms. The number of hydrogen-bond donors (Lipinski definition) is 2. The summed E-state index contributed by atoms with van der Waals surface area (Å²) < 4.78 is 5.57. The van der Waals surface area contributed by atoms with Gasteiger partial charge in [-0.05, 0) is 58.5 Å². The zero-order chi connectivity index (χ0) is 14.7. The number of furan rings is 1. The van der Waals surface area contributed by atoms with Gasteiger partial charge in [0.1, 0.15) is 0 Å². The molecule has 0 unspecified atom stereocenters. The summed E-state index contributed by atoms with van der Waals surface area (Å²) in [5.74, 6) is -0.302. The van der Waals surface area contributed by atoms with E-state index in [2.05, 4.69) is 26.6 Å². The highest BCUT2D eigenvalue weighted by Gasteiger charge is 2.12. The first-order valence-electron chi connectivity index (χ1n) is 5.28. The minimum Gasteiger partial charge on any atom is -0.444 e. The normalized spacial score (nSPS) is 10.2. The summed E-state index contributed by atoms with van der Waals surface area (Å²) in [6.07, 6.45) is 0. The fourth-order valence-electron chi connectivity index (χ4n) is 1.34. The lowest BCUT2D eigenvalue weighted by atomic mass is 10.3. The average molecular weight is 394 g/mol. The van der Waals surface area contributed by atoms with Gasteiger partial charge in [-0.25, -0.2) is 0 Å². The number of halogens is 3. The van der Waals surface area contributed by atoms with Gasteiger partial charge in [-0.15, -0.1) is 0 Å². The lowest BCUT2D eigenvalue weighted by Crippen LogP contribution is -2.33. The monoisotopic (exact) mass is 392 g/mol. The van der Waals surface area contributed by atoms with E-state index in [0.29, 0.717) is 20.4 Å². The van der Waals surface area contributed by atoms with E-state index in [4.69, 9.17) is 39.8 Å². The highest BCUT2D eigenvalue weighted by Crippen LogP contribution is 2.24. The molecule has 1 aromatic heterocycles. The van der Waals surface area contributed by atoms with Crippen LogP contribution < -0.4 is 10.6 Å². The van der Waals surface area contributed by atoms with Crippen LogP contribution in [0.2, 0.25) is 10.0 Å². The number of nitrogens with one attached hydrogen (secondary N) is 2. The Balaban J connectivity index is 1.98. The molecule has 0 saturated carbocycles. The topological polar surface area (TPSA) is 54.3 Å². The van der Waals surface area contributed by atoms with Gasteiger partial charge in [0.05, 0.1) is 10.0 Å². The second kappa shape index (κ2) is 6.58. The molecule has 104 valence electrons. The Kier molecular flexibility index (Phi) is 5.04. The van der Waals surface area contributed by atoms with Crippen LogP contribution in [0.4, 0.5) is 5.69 Å². The molecule has 0 bridgehead atoms. The van der Waals surface area contributed by atoms with Crippen molar-refractivity contribution in [2.24, 2.45) is 0 Å². The third kappa shape index (κ3) is 3.96. The van der Waals surface area contributed by atoms with Gasteiger partial charge in [0.15, 0.2) is 15.5 Å². The van der Waals surface area contributed by atoms with E-state index in [9.17, 15) is 4.79 Å². The Labute approximate surface area is 138 Å². The molecule has 1 amide bonds. The highest BCUT2D eigenvalue weighted by atomic mass is 79.9. The van der Waals surface area contributed by atoms with Gasteiger partial charge in [-0.3, -0.25) is 10.1 Å². The van der Waals surface area contributed by atoms with Crippen LogP contribution in [0.1, 0.15) is 10.6 Å². The predicted octanol–water partition coefficient (Wildman–Crippen LogP) is 4.48. The number of carbonyl (C=O) groups is 1. The summed E-state index contributed by atoms with van der Waals surface area (Å²) >= 11 is 19.8. The quantitative estimate of drug-likeness (QED) is 0.738. The fraction of sp³-hybridized carbons (Fsp3) is 0. The van der Waals surface area contributed by atoms with E-state index in [1.165, 1.54) is 6.07 Å². The van der Waals surface area contributed by atoms with Crippen LogP contribution in [0.3, 0.4) is 0 Å². The molecule has 0 fully saturated rings. The predicted molar refractivity (Wildman–Crippen MR) is 86.6 cm³/mol. The molecule has 0 spiro atoms. The van der Waals surface area contributed by atoms with Crippen LogP contribution in [0.5, 0.6) is 0 Å². The van der Waals surface area contributed by atoms with Crippen molar-refractivity contribution in [3.05, 3.63) is 50.8 Å². The number of carbonyl (C=O) groups excluding carboxylic acids is 1. The second-order valence-corrected chi connectivity index (χ2v) is 5.65. The Bertz CT molecular complexity index is 675. The number of hydrogen-bond acceptors (Lipinski definition) is 3. The van der Waals surface area contributed by atoms with E-state index in [1.54, 1.807) is 24.3 Å². The summed E-state index contributed by atoms with van der Waals surface area (Å²) in [5.41, 5.74) is 0.616. The van der Waals surface area contributed by atoms with Crippen molar-refractivity contribution in [2.75, 3.05) is 5.32 Å². The molecule has 2 N–H and O–H groups in total. The third-order valence-electron chi connectivity index (χ3n) is 2.20. The largest absolute Gasteiger partial charge is 0.444 e. The Morgan fingerprint density at radius 2 is 1.95 bits per heavy atom. The third-order valence-corrected chi connectivity index (χ3v) is 3.57. The minimum absolute atomic E-state index is 0.126. The van der Waals surface area contributed by atoms with E-state index in [0.717, 1.165) is 0 Å². The summed E-state index contributed by atoms with van der Waals surface area (Å²) in [4.78, 5) is 11.8. The Morgan fingerprint density at radius 1 is 1.20 bits per heavy atom. The summed E-state index contributed by atoms with van der Waals surface area (Å²) in [7, 11) is 0. The van der Waals surface area contributed by atoms with Gasteiger partial charge in [-0.1, -0.05) is 23.2 Å². The second-order valence-electron chi connectivity index (χ2n) is 3.64. The van der Waals surface area contributed by atoms with Gasteiger partial charge >= 0.3 is 0 Å². The zero-order valence-electron chi connectivity index (χ0n) is 9.75. The highest BCUT2D eigenvalue weighted by molar-refractivity contribution is 9.10. The first-order chi connectivity index (χ1) is 9.45. The Morgan fingerprint density at radius 3 is 2.55 bits per heavy atom. The van der Waals surface area contributed by atoms with Crippen molar-refractivity contribution >= 4 is 68.1 Å². The molecule has 2 rings (SSSR count). The lowest BCUT2D eigenvalue weighted by molar-refractivity contribution is 0.0949. The molecule has 1 heterocycles. The SMILES string of the molecule is O=C(NC(=S)Nc1ccc(Cl)c(Cl)c1)c1ccc(Br)o1. The number of anilines is 1. The molecule has 0 atom stereocenters. The molecule has 20 heavy (non-hydrogen) atoms. The first kappa shape index (κ1) is 15.3. The number of thiocarbonyl (C=S) groups is 1. The molecule has 4 nitrogen and oxygen atoms in total. The first-order valence-corrected chi connectivity index (χ1v) is 7.24. The fourth-order valence-corrected chi connectivity index (χ4v) is 2.15. The van der Waals surface area contributed by atoms with Gasteiger partial charge in [0, 0.05) is 5.69 Å². The standard InChI is InChI=1S/C12H7BrCl2N2O2S/c13-10-4-3-9(19-10)11(18)17-12(20)16-6-1-2-7(14)8(15)5-6/h1-5H,(H2,16,17,18,20). The van der Waals surface area contributed by atoms with Gasteiger partial charge in [-0.2, -0.15) is 0 Å². The van der Waals surface area contributed by atoms with Crippen molar-refractivity contribution < 1.29 is 9.21 Å². The van der Waals surface area contributed by atoms with Crippen molar-refractivity contribution in [1.29, 1.82) is 0 Å². The van der Waals surface area contributed by atoms with Crippen molar-refractivity contribution in [1.82, 2.24) is 5.32 Å². The number of benzene rings is 1. The van der Waals surface area contributed by atoms with Crippen molar-refractivity contribution in [2.45, 2.75) is 0 Å². The van der Waals surface area contributed by atoms with Crippen molar-refractivity contribution in [3.8, 4) is 0 Å². The molecule has 0 aliphatic carbocycles. The van der Waals surface area contributed by atoms with E-state index in [-0.39, 0.29) is 10.9 Å². The molecule has 0 aliphatic heterocycles. The maximum Gasteiger partial charge on any atom is 0.293 e. The minimum atomic E-state index is -0.451. The average Bonchev–Trinajstić information content (AvgIpc) is 2.80. The summed E-state index contributed by atoms with van der Waals surface area (Å²) in [5, 5.41) is 6.26. The number of amides is 1. The smallest absolute Gasteiger partial charge is 0.293 e. The van der Waals surface area contributed by atoms with Crippen LogP contribution in [0.15, 0.2) is 39.4 Å². The molecular formula is C12H7BrCl2N2O2S. The molecule has 1 aromatic carbocycles. The Hall–Kier alpha value is -1.08. The lowest BCUT2D eigenvalue weighted by Gasteiger charge is -2.09. The molecule has 0 aliphatic rings. The van der Waals surface area contributed by atoms with Gasteiger partial charge in [0.2, 0.25) is 0 Å². The van der Waals surface area contributed by atoms with Gasteiger partial charge in [0.25, 0.3) is 5.91 Å². The van der Waals surface area contributed by atoms with E-state index >= 15 is 0 Å². The maximum absolute atomic E-state index is 11.8. The van der Waals surface area contributed by atoms with Crippen molar-refractivity contribution in [3.63, 3.8) is 0 Å². The summed E-state index contributed by atoms with van der Waals surface area (Å²) in [6.45, 7) is 0. The van der Waals surface area contributed by atoms with Gasteiger partial charge < -0.3 is 9.73 Å². The molecular weight excluding hydrogens is 387 g/mol. The maximum atomic E-state index is 11.8. The van der Waals surface area contributed by atoms with Crippen LogP contribution >= 0.6 is 51.3 Å². The zero-order valence-corrected chi connectivity index (χ0v) is 13.7. The molecule has 0 radical (unpaired) electrons. The molecule has 2 aromatic rings. The van der Waals surface area contributed by atoms with Crippen LogP contribution in [0.25, 0.3) is 0 Å². The summed E-state index contributed by atoms with van der Waals surface area (Å²) in [6, 6.07) is 8.06. The van der Waals surface area contributed by atoms with Crippen LogP contribution in [-0.2, 0) is 0 Å². The van der Waals surface area contributed by atoms with Crippen LogP contribution in [-0.4, -0.2) is 11.0 Å². The van der Waals surface area contributed by atoms with Crippen LogP contribution in [0, 0.1) is 0 Å². The van der Waals surface area contributed by atoms with E-state index < -0.39 is 5.91 Å². The molecule has 0 saturated heterocycles. The number of rotatable bonds is 2.